The first-order valence-corrected chi connectivity index (χ1v) is 9.24. The standard InChI is InChI=1S/C14H25NO2Si/c1-4-9-16-18(3,17-10-5-2)12-13-7-6-8-14(15)11-13/h6-8,11H,4-5,9-10,12,15H2,1-3H3. The van der Waals surface area contributed by atoms with E-state index in [1.807, 2.05) is 18.2 Å². The molecule has 4 heteroatoms. The zero-order valence-corrected chi connectivity index (χ0v) is 12.7. The first-order valence-electron chi connectivity index (χ1n) is 6.72. The summed E-state index contributed by atoms with van der Waals surface area (Å²) in [7, 11) is -2.11. The molecule has 1 aromatic rings. The molecule has 0 amide bonds. The number of anilines is 1. The molecule has 18 heavy (non-hydrogen) atoms. The maximum atomic E-state index is 6.00. The third-order valence-corrected chi connectivity index (χ3v) is 5.38. The Bertz CT molecular complexity index is 349. The van der Waals surface area contributed by atoms with Gasteiger partial charge in [-0.1, -0.05) is 26.0 Å². The lowest BCUT2D eigenvalue weighted by Crippen LogP contribution is -2.42. The lowest BCUT2D eigenvalue weighted by Gasteiger charge is -2.27. The van der Waals surface area contributed by atoms with Crippen LogP contribution in [0.1, 0.15) is 32.3 Å². The zero-order valence-electron chi connectivity index (χ0n) is 11.7. The van der Waals surface area contributed by atoms with Crippen molar-refractivity contribution in [2.45, 2.75) is 39.3 Å². The van der Waals surface area contributed by atoms with Crippen LogP contribution in [0.15, 0.2) is 24.3 Å². The van der Waals surface area contributed by atoms with Crippen LogP contribution in [0.3, 0.4) is 0 Å². The summed E-state index contributed by atoms with van der Waals surface area (Å²) in [6.45, 7) is 7.93. The largest absolute Gasteiger partial charge is 0.399 e. The van der Waals surface area contributed by atoms with E-state index in [0.717, 1.165) is 37.8 Å². The molecule has 102 valence electrons. The van der Waals surface area contributed by atoms with Gasteiger partial charge in [0.1, 0.15) is 0 Å². The Hall–Kier alpha value is -0.843. The second kappa shape index (κ2) is 7.56. The highest BCUT2D eigenvalue weighted by Gasteiger charge is 2.31. The highest BCUT2D eigenvalue weighted by molar-refractivity contribution is 6.65. The molecule has 0 fully saturated rings. The molecule has 1 aromatic carbocycles. The van der Waals surface area contributed by atoms with Crippen molar-refractivity contribution in [2.24, 2.45) is 0 Å². The van der Waals surface area contributed by atoms with Crippen molar-refractivity contribution in [1.29, 1.82) is 0 Å². The summed E-state index contributed by atoms with van der Waals surface area (Å²) in [5.41, 5.74) is 7.82. The van der Waals surface area contributed by atoms with Crippen molar-refractivity contribution >= 4 is 14.2 Å². The summed E-state index contributed by atoms with van der Waals surface area (Å²) in [6, 6.07) is 8.85. The first-order chi connectivity index (χ1) is 8.59. The maximum Gasteiger partial charge on any atom is 0.339 e. The van der Waals surface area contributed by atoms with Crippen LogP contribution in [0, 0.1) is 0 Å². The lowest BCUT2D eigenvalue weighted by molar-refractivity contribution is 0.172. The molecule has 0 aromatic heterocycles. The van der Waals surface area contributed by atoms with Gasteiger partial charge in [0, 0.05) is 24.9 Å². The summed E-state index contributed by atoms with van der Waals surface area (Å²) in [4.78, 5) is 0. The van der Waals surface area contributed by atoms with Crippen LogP contribution in [-0.4, -0.2) is 21.8 Å². The van der Waals surface area contributed by atoms with Gasteiger partial charge in [0.2, 0.25) is 0 Å². The number of nitrogens with two attached hydrogens (primary N) is 1. The van der Waals surface area contributed by atoms with Crippen molar-refractivity contribution in [2.75, 3.05) is 18.9 Å². The van der Waals surface area contributed by atoms with E-state index >= 15 is 0 Å². The third-order valence-electron chi connectivity index (χ3n) is 2.70. The van der Waals surface area contributed by atoms with Crippen LogP contribution >= 0.6 is 0 Å². The molecule has 0 atom stereocenters. The minimum atomic E-state index is -2.11. The molecule has 0 aliphatic rings. The van der Waals surface area contributed by atoms with Crippen molar-refractivity contribution in [1.82, 2.24) is 0 Å². The van der Waals surface area contributed by atoms with Crippen LogP contribution in [0.4, 0.5) is 5.69 Å². The Kier molecular flexibility index (Phi) is 6.39. The van der Waals surface area contributed by atoms with Gasteiger partial charge in [0.05, 0.1) is 0 Å². The van der Waals surface area contributed by atoms with Gasteiger partial charge < -0.3 is 14.6 Å². The number of nitrogen functional groups attached to an aromatic ring is 1. The molecular formula is C14H25NO2Si. The molecule has 3 nitrogen and oxygen atoms in total. The van der Waals surface area contributed by atoms with Crippen LogP contribution in [0.5, 0.6) is 0 Å². The molecule has 0 unspecified atom stereocenters. The smallest absolute Gasteiger partial charge is 0.339 e. The second-order valence-electron chi connectivity index (χ2n) is 4.75. The van der Waals surface area contributed by atoms with Gasteiger partial charge in [0.15, 0.2) is 0 Å². The summed E-state index contributed by atoms with van der Waals surface area (Å²) in [5, 5.41) is 0. The van der Waals surface area contributed by atoms with Crippen molar-refractivity contribution < 1.29 is 8.85 Å². The third kappa shape index (κ3) is 5.21. The minimum absolute atomic E-state index is 0.773. The average molecular weight is 267 g/mol. The predicted molar refractivity (Wildman–Crippen MR) is 78.7 cm³/mol. The normalized spacial score (nSPS) is 11.7. The topological polar surface area (TPSA) is 44.5 Å². The van der Waals surface area contributed by atoms with E-state index in [4.69, 9.17) is 14.6 Å². The SMILES string of the molecule is CCCO[Si](C)(Cc1cccc(N)c1)OCCC. The van der Waals surface area contributed by atoms with Crippen LogP contribution in [-0.2, 0) is 14.9 Å². The molecule has 1 rings (SSSR count). The number of rotatable bonds is 8. The van der Waals surface area contributed by atoms with E-state index in [9.17, 15) is 0 Å². The molecule has 2 N–H and O–H groups in total. The number of hydrogen-bond acceptors (Lipinski definition) is 3. The first kappa shape index (κ1) is 15.2. The molecule has 0 aliphatic heterocycles. The van der Waals surface area contributed by atoms with Crippen molar-refractivity contribution in [3.63, 3.8) is 0 Å². The molecule has 0 aliphatic carbocycles. The van der Waals surface area contributed by atoms with Gasteiger partial charge in [-0.05, 0) is 37.1 Å². The Morgan fingerprint density at radius 3 is 2.22 bits per heavy atom. The second-order valence-corrected chi connectivity index (χ2v) is 7.95. The molecule has 0 radical (unpaired) electrons. The van der Waals surface area contributed by atoms with E-state index in [0.29, 0.717) is 0 Å². The van der Waals surface area contributed by atoms with Crippen LogP contribution in [0.25, 0.3) is 0 Å². The van der Waals surface area contributed by atoms with Gasteiger partial charge in [-0.3, -0.25) is 0 Å². The van der Waals surface area contributed by atoms with E-state index in [1.54, 1.807) is 0 Å². The average Bonchev–Trinajstić information content (AvgIpc) is 2.34. The van der Waals surface area contributed by atoms with Gasteiger partial charge >= 0.3 is 8.56 Å². The number of benzene rings is 1. The summed E-state index contributed by atoms with van der Waals surface area (Å²) in [5.74, 6) is 0. The highest BCUT2D eigenvalue weighted by Crippen LogP contribution is 2.17. The van der Waals surface area contributed by atoms with E-state index in [-0.39, 0.29) is 0 Å². The monoisotopic (exact) mass is 267 g/mol. The van der Waals surface area contributed by atoms with E-state index < -0.39 is 8.56 Å². The van der Waals surface area contributed by atoms with Crippen LogP contribution < -0.4 is 5.73 Å². The fraction of sp³-hybridized carbons (Fsp3) is 0.571. The van der Waals surface area contributed by atoms with Crippen LogP contribution in [0.2, 0.25) is 6.55 Å². The fourth-order valence-corrected chi connectivity index (χ4v) is 4.37. The Morgan fingerprint density at radius 2 is 1.72 bits per heavy atom. The summed E-state index contributed by atoms with van der Waals surface area (Å²) in [6.07, 6.45) is 2.05. The van der Waals surface area contributed by atoms with Gasteiger partial charge in [-0.25, -0.2) is 0 Å². The fourth-order valence-electron chi connectivity index (χ4n) is 1.85. The summed E-state index contributed by atoms with van der Waals surface area (Å²) < 4.78 is 12.0. The van der Waals surface area contributed by atoms with Gasteiger partial charge in [-0.15, -0.1) is 0 Å². The predicted octanol–water partition coefficient (Wildman–Crippen LogP) is 3.28. The van der Waals surface area contributed by atoms with E-state index in [2.05, 4.69) is 26.5 Å². The molecule has 0 heterocycles. The van der Waals surface area contributed by atoms with E-state index in [1.165, 1.54) is 5.56 Å². The molecule has 0 bridgehead atoms. The molecule has 0 saturated heterocycles. The molecule has 0 saturated carbocycles. The van der Waals surface area contributed by atoms with Crippen molar-refractivity contribution in [3.05, 3.63) is 29.8 Å². The lowest BCUT2D eigenvalue weighted by atomic mass is 10.2. The minimum Gasteiger partial charge on any atom is -0.399 e. The maximum absolute atomic E-state index is 6.00. The van der Waals surface area contributed by atoms with Crippen molar-refractivity contribution in [3.8, 4) is 0 Å². The summed E-state index contributed by atoms with van der Waals surface area (Å²) >= 11 is 0. The van der Waals surface area contributed by atoms with Gasteiger partial charge in [-0.2, -0.15) is 0 Å². The Labute approximate surface area is 112 Å². The van der Waals surface area contributed by atoms with Gasteiger partial charge in [0.25, 0.3) is 0 Å². The Morgan fingerprint density at radius 1 is 1.11 bits per heavy atom. The quantitative estimate of drug-likeness (QED) is 0.581. The molecule has 0 spiro atoms. The molecular weight excluding hydrogens is 242 g/mol. The Balaban J connectivity index is 2.70. The zero-order chi connectivity index (χ0) is 13.4. The highest BCUT2D eigenvalue weighted by atomic mass is 28.4. The number of hydrogen-bond donors (Lipinski definition) is 1.